The van der Waals surface area contributed by atoms with Gasteiger partial charge in [-0.05, 0) is 27.7 Å². The zero-order valence-electron chi connectivity index (χ0n) is 15.2. The molecule has 0 aliphatic carbocycles. The summed E-state index contributed by atoms with van der Waals surface area (Å²) in [5.74, 6) is 2.03. The van der Waals surface area contributed by atoms with Crippen LogP contribution in [0.2, 0.25) is 0 Å². The third-order valence-corrected chi connectivity index (χ3v) is 5.34. The van der Waals surface area contributed by atoms with Gasteiger partial charge in [-0.25, -0.2) is 23.1 Å². The quantitative estimate of drug-likeness (QED) is 0.595. The predicted molar refractivity (Wildman–Crippen MR) is 97.3 cm³/mol. The third-order valence-electron chi connectivity index (χ3n) is 3.63. The minimum absolute atomic E-state index is 0.232. The highest BCUT2D eigenvalue weighted by molar-refractivity contribution is 7.89. The summed E-state index contributed by atoms with van der Waals surface area (Å²) in [5, 5.41) is 10.4. The van der Waals surface area contributed by atoms with Crippen LogP contribution >= 0.6 is 0 Å². The Labute approximate surface area is 148 Å². The molecule has 0 fully saturated rings. The van der Waals surface area contributed by atoms with Crippen molar-refractivity contribution in [2.75, 3.05) is 30.3 Å². The van der Waals surface area contributed by atoms with E-state index in [-0.39, 0.29) is 11.4 Å². The fourth-order valence-corrected chi connectivity index (χ4v) is 3.99. The molecule has 3 N–H and O–H groups in total. The molecule has 0 bridgehead atoms. The lowest BCUT2D eigenvalue weighted by Gasteiger charge is -2.10. The van der Waals surface area contributed by atoms with Crippen molar-refractivity contribution in [2.24, 2.45) is 7.05 Å². The summed E-state index contributed by atoms with van der Waals surface area (Å²) in [7, 11) is -1.87. The number of rotatable bonds is 8. The van der Waals surface area contributed by atoms with Crippen molar-refractivity contribution in [3.05, 3.63) is 23.3 Å². The van der Waals surface area contributed by atoms with E-state index in [4.69, 9.17) is 0 Å². The van der Waals surface area contributed by atoms with Gasteiger partial charge in [0.05, 0.1) is 11.4 Å². The molecule has 0 saturated heterocycles. The van der Waals surface area contributed by atoms with Crippen molar-refractivity contribution in [3.63, 3.8) is 0 Å². The Morgan fingerprint density at radius 1 is 1.08 bits per heavy atom. The molecular formula is C15H25N7O2S. The average Bonchev–Trinajstić information content (AvgIpc) is 2.77. The number of hydrogen-bond donors (Lipinski definition) is 3. The molecule has 0 aromatic carbocycles. The normalized spacial score (nSPS) is 11.6. The third kappa shape index (κ3) is 4.67. The van der Waals surface area contributed by atoms with Gasteiger partial charge in [0.15, 0.2) is 0 Å². The van der Waals surface area contributed by atoms with Crippen LogP contribution in [0.3, 0.4) is 0 Å². The summed E-state index contributed by atoms with van der Waals surface area (Å²) < 4.78 is 29.1. The standard InChI is InChI=1S/C15H25N7O2S/c1-6-16-13-9-14(20-12(4)19-13)17-7-8-18-25(23,24)15-10(2)21-22(5)11(15)3/h9,18H,6-8H2,1-5H3,(H2,16,17,19,20). The van der Waals surface area contributed by atoms with Crippen LogP contribution in [0.4, 0.5) is 11.6 Å². The van der Waals surface area contributed by atoms with E-state index in [2.05, 4.69) is 30.4 Å². The van der Waals surface area contributed by atoms with Crippen LogP contribution in [0.1, 0.15) is 24.1 Å². The van der Waals surface area contributed by atoms with Gasteiger partial charge in [0.2, 0.25) is 10.0 Å². The minimum atomic E-state index is -3.60. The monoisotopic (exact) mass is 367 g/mol. The molecule has 0 aliphatic heterocycles. The van der Waals surface area contributed by atoms with Crippen molar-refractivity contribution in [2.45, 2.75) is 32.6 Å². The SMILES string of the molecule is CCNc1cc(NCCNS(=O)(=O)c2c(C)nn(C)c2C)nc(C)n1. The molecule has 2 heterocycles. The minimum Gasteiger partial charge on any atom is -0.370 e. The van der Waals surface area contributed by atoms with Crippen LogP contribution in [-0.2, 0) is 17.1 Å². The molecule has 2 aromatic heterocycles. The molecule has 25 heavy (non-hydrogen) atoms. The Balaban J connectivity index is 1.97. The summed E-state index contributed by atoms with van der Waals surface area (Å²) >= 11 is 0. The Morgan fingerprint density at radius 3 is 2.28 bits per heavy atom. The second-order valence-corrected chi connectivity index (χ2v) is 7.37. The summed E-state index contributed by atoms with van der Waals surface area (Å²) in [6.07, 6.45) is 0. The number of nitrogens with zero attached hydrogens (tertiary/aromatic N) is 4. The highest BCUT2D eigenvalue weighted by Crippen LogP contribution is 2.18. The fourth-order valence-electron chi connectivity index (χ4n) is 2.52. The van der Waals surface area contributed by atoms with E-state index in [1.54, 1.807) is 31.6 Å². The second-order valence-electron chi connectivity index (χ2n) is 5.66. The molecular weight excluding hydrogens is 342 g/mol. The maximum atomic E-state index is 12.5. The average molecular weight is 367 g/mol. The molecule has 0 radical (unpaired) electrons. The van der Waals surface area contributed by atoms with Gasteiger partial charge in [0.25, 0.3) is 0 Å². The van der Waals surface area contributed by atoms with E-state index in [1.165, 1.54) is 0 Å². The number of nitrogens with one attached hydrogen (secondary N) is 3. The van der Waals surface area contributed by atoms with Gasteiger partial charge >= 0.3 is 0 Å². The van der Waals surface area contributed by atoms with Crippen molar-refractivity contribution in [1.82, 2.24) is 24.5 Å². The molecule has 0 aliphatic rings. The van der Waals surface area contributed by atoms with Gasteiger partial charge < -0.3 is 10.6 Å². The van der Waals surface area contributed by atoms with Gasteiger partial charge in [0, 0.05) is 32.7 Å². The Morgan fingerprint density at radius 2 is 1.72 bits per heavy atom. The Hall–Kier alpha value is -2.20. The molecule has 0 spiro atoms. The molecule has 9 nitrogen and oxygen atoms in total. The van der Waals surface area contributed by atoms with Crippen molar-refractivity contribution in [1.29, 1.82) is 0 Å². The van der Waals surface area contributed by atoms with E-state index in [0.717, 1.165) is 12.4 Å². The molecule has 2 rings (SSSR count). The van der Waals surface area contributed by atoms with Crippen LogP contribution in [-0.4, -0.2) is 47.8 Å². The van der Waals surface area contributed by atoms with E-state index < -0.39 is 10.0 Å². The maximum absolute atomic E-state index is 12.5. The lowest BCUT2D eigenvalue weighted by atomic mass is 10.4. The Kier molecular flexibility index (Phi) is 5.96. The molecule has 0 amide bonds. The molecule has 0 atom stereocenters. The number of aromatic nitrogens is 4. The zero-order valence-corrected chi connectivity index (χ0v) is 16.0. The van der Waals surface area contributed by atoms with Gasteiger partial charge in [-0.2, -0.15) is 5.10 Å². The first kappa shape index (κ1) is 19.1. The number of anilines is 2. The van der Waals surface area contributed by atoms with Gasteiger partial charge in [0.1, 0.15) is 22.4 Å². The number of hydrogen-bond acceptors (Lipinski definition) is 7. The molecule has 2 aromatic rings. The van der Waals surface area contributed by atoms with E-state index in [1.807, 2.05) is 13.8 Å². The van der Waals surface area contributed by atoms with Crippen LogP contribution in [0, 0.1) is 20.8 Å². The lowest BCUT2D eigenvalue weighted by molar-refractivity contribution is 0.581. The number of sulfonamides is 1. The first-order valence-electron chi connectivity index (χ1n) is 8.08. The second kappa shape index (κ2) is 7.79. The molecule has 138 valence electrons. The summed E-state index contributed by atoms with van der Waals surface area (Å²) in [4.78, 5) is 8.79. The van der Waals surface area contributed by atoms with Gasteiger partial charge in [-0.3, -0.25) is 4.68 Å². The fraction of sp³-hybridized carbons (Fsp3) is 0.533. The van der Waals surface area contributed by atoms with Crippen LogP contribution in [0.5, 0.6) is 0 Å². The van der Waals surface area contributed by atoms with Crippen LogP contribution in [0.15, 0.2) is 11.0 Å². The highest BCUT2D eigenvalue weighted by Gasteiger charge is 2.23. The van der Waals surface area contributed by atoms with Crippen molar-refractivity contribution in [3.8, 4) is 0 Å². The Bertz CT molecular complexity index is 846. The summed E-state index contributed by atoms with van der Waals surface area (Å²) in [5.41, 5.74) is 1.10. The molecule has 10 heteroatoms. The van der Waals surface area contributed by atoms with Crippen molar-refractivity contribution >= 4 is 21.7 Å². The van der Waals surface area contributed by atoms with Crippen molar-refractivity contribution < 1.29 is 8.42 Å². The summed E-state index contributed by atoms with van der Waals surface area (Å²) in [6.45, 7) is 8.61. The highest BCUT2D eigenvalue weighted by atomic mass is 32.2. The smallest absolute Gasteiger partial charge is 0.244 e. The van der Waals surface area contributed by atoms with Gasteiger partial charge in [-0.15, -0.1) is 0 Å². The van der Waals surface area contributed by atoms with E-state index >= 15 is 0 Å². The first-order valence-corrected chi connectivity index (χ1v) is 9.56. The van der Waals surface area contributed by atoms with Gasteiger partial charge in [-0.1, -0.05) is 0 Å². The number of aryl methyl sites for hydroxylation is 3. The topological polar surface area (TPSA) is 114 Å². The predicted octanol–water partition coefficient (Wildman–Crippen LogP) is 0.958. The first-order chi connectivity index (χ1) is 11.7. The maximum Gasteiger partial charge on any atom is 0.244 e. The molecule has 0 unspecified atom stereocenters. The lowest BCUT2D eigenvalue weighted by Crippen LogP contribution is -2.29. The molecule has 0 saturated carbocycles. The summed E-state index contributed by atoms with van der Waals surface area (Å²) in [6, 6.07) is 1.79. The zero-order chi connectivity index (χ0) is 18.6. The largest absolute Gasteiger partial charge is 0.370 e. The van der Waals surface area contributed by atoms with Crippen LogP contribution < -0.4 is 15.4 Å². The van der Waals surface area contributed by atoms with Crippen LogP contribution in [0.25, 0.3) is 0 Å². The van der Waals surface area contributed by atoms with E-state index in [0.29, 0.717) is 29.6 Å². The van der Waals surface area contributed by atoms with E-state index in [9.17, 15) is 8.42 Å².